The summed E-state index contributed by atoms with van der Waals surface area (Å²) in [6.07, 6.45) is -1.65. The smallest absolute Gasteiger partial charge is 0.422 e. The first-order valence-corrected chi connectivity index (χ1v) is 6.97. The molecule has 1 aliphatic rings. The van der Waals surface area contributed by atoms with Gasteiger partial charge in [0, 0.05) is 13.1 Å². The molecule has 0 spiro atoms. The molecule has 1 aromatic carbocycles. The van der Waals surface area contributed by atoms with Gasteiger partial charge in [-0.3, -0.25) is 4.90 Å². The maximum absolute atomic E-state index is 12.0. The summed E-state index contributed by atoms with van der Waals surface area (Å²) in [5, 5.41) is 0. The average molecular weight is 287 g/mol. The zero-order chi connectivity index (χ0) is 14.6. The lowest BCUT2D eigenvalue weighted by Gasteiger charge is -2.20. The molecule has 2 rings (SSSR count). The number of nitrogens with zero attached hydrogens (tertiary/aromatic N) is 1. The number of halogens is 3. The van der Waals surface area contributed by atoms with Gasteiger partial charge in [-0.1, -0.05) is 19.1 Å². The van der Waals surface area contributed by atoms with Gasteiger partial charge in [0.25, 0.3) is 0 Å². The molecule has 0 N–H and O–H groups in total. The van der Waals surface area contributed by atoms with Crippen molar-refractivity contribution in [3.63, 3.8) is 0 Å². The number of hydrogen-bond acceptors (Lipinski definition) is 2. The number of rotatable bonds is 7. The molecule has 0 atom stereocenters. The van der Waals surface area contributed by atoms with Gasteiger partial charge in [0.05, 0.1) is 0 Å². The first-order chi connectivity index (χ1) is 9.46. The SMILES string of the molecule is CCN(Cc1ccc(OCC(F)(F)F)cc1)CC1CC1. The Labute approximate surface area is 117 Å². The Morgan fingerprint density at radius 3 is 2.35 bits per heavy atom. The molecular weight excluding hydrogens is 267 g/mol. The molecular formula is C15H20F3NO. The summed E-state index contributed by atoms with van der Waals surface area (Å²) in [4.78, 5) is 2.36. The highest BCUT2D eigenvalue weighted by Gasteiger charge is 2.28. The van der Waals surface area contributed by atoms with Crippen LogP contribution in [0.3, 0.4) is 0 Å². The van der Waals surface area contributed by atoms with Gasteiger partial charge in [0.1, 0.15) is 5.75 Å². The van der Waals surface area contributed by atoms with Gasteiger partial charge in [0.2, 0.25) is 0 Å². The fraction of sp³-hybridized carbons (Fsp3) is 0.600. The minimum Gasteiger partial charge on any atom is -0.484 e. The minimum atomic E-state index is -4.29. The summed E-state index contributed by atoms with van der Waals surface area (Å²) in [6, 6.07) is 6.88. The zero-order valence-corrected chi connectivity index (χ0v) is 11.6. The standard InChI is InChI=1S/C15H20F3NO/c1-2-19(9-12-3-4-12)10-13-5-7-14(8-6-13)20-11-15(16,17)18/h5-8,12H,2-4,9-11H2,1H3. The van der Waals surface area contributed by atoms with Crippen molar-refractivity contribution < 1.29 is 17.9 Å². The highest BCUT2D eigenvalue weighted by molar-refractivity contribution is 5.27. The molecule has 0 saturated heterocycles. The monoisotopic (exact) mass is 287 g/mol. The predicted octanol–water partition coefficient (Wildman–Crippen LogP) is 3.86. The van der Waals surface area contributed by atoms with Gasteiger partial charge < -0.3 is 4.74 Å². The van der Waals surface area contributed by atoms with E-state index in [1.165, 1.54) is 12.8 Å². The van der Waals surface area contributed by atoms with E-state index in [2.05, 4.69) is 11.8 Å². The molecule has 5 heteroatoms. The van der Waals surface area contributed by atoms with Crippen molar-refractivity contribution >= 4 is 0 Å². The van der Waals surface area contributed by atoms with Gasteiger partial charge in [0.15, 0.2) is 6.61 Å². The quantitative estimate of drug-likeness (QED) is 0.755. The summed E-state index contributed by atoms with van der Waals surface area (Å²) in [7, 11) is 0. The molecule has 0 heterocycles. The molecule has 2 nitrogen and oxygen atoms in total. The fourth-order valence-corrected chi connectivity index (χ4v) is 2.09. The second kappa shape index (κ2) is 6.48. The van der Waals surface area contributed by atoms with Crippen LogP contribution in [-0.2, 0) is 6.54 Å². The summed E-state index contributed by atoms with van der Waals surface area (Å²) in [5.41, 5.74) is 1.10. The van der Waals surface area contributed by atoms with Crippen LogP contribution in [0, 0.1) is 5.92 Å². The van der Waals surface area contributed by atoms with E-state index < -0.39 is 12.8 Å². The second-order valence-corrected chi connectivity index (χ2v) is 5.32. The third-order valence-electron chi connectivity index (χ3n) is 3.39. The van der Waals surface area contributed by atoms with E-state index in [1.54, 1.807) is 12.1 Å². The van der Waals surface area contributed by atoms with Gasteiger partial charge in [-0.2, -0.15) is 13.2 Å². The van der Waals surface area contributed by atoms with Crippen molar-refractivity contribution in [1.82, 2.24) is 4.90 Å². The van der Waals surface area contributed by atoms with E-state index in [-0.39, 0.29) is 5.75 Å². The maximum Gasteiger partial charge on any atom is 0.422 e. The first kappa shape index (κ1) is 15.2. The largest absolute Gasteiger partial charge is 0.484 e. The molecule has 1 aromatic rings. The molecule has 1 aliphatic carbocycles. The normalized spacial score (nSPS) is 15.7. The van der Waals surface area contributed by atoms with Crippen molar-refractivity contribution in [3.8, 4) is 5.75 Å². The van der Waals surface area contributed by atoms with Crippen molar-refractivity contribution in [2.75, 3.05) is 19.7 Å². The van der Waals surface area contributed by atoms with Gasteiger partial charge in [-0.15, -0.1) is 0 Å². The first-order valence-electron chi connectivity index (χ1n) is 6.97. The molecule has 0 unspecified atom stereocenters. The van der Waals surface area contributed by atoms with E-state index in [0.717, 1.165) is 31.1 Å². The Bertz CT molecular complexity index is 412. The number of ether oxygens (including phenoxy) is 1. The van der Waals surface area contributed by atoms with Crippen LogP contribution in [0.5, 0.6) is 5.75 Å². The third-order valence-corrected chi connectivity index (χ3v) is 3.39. The van der Waals surface area contributed by atoms with Crippen molar-refractivity contribution in [2.24, 2.45) is 5.92 Å². The van der Waals surface area contributed by atoms with E-state index in [1.807, 2.05) is 12.1 Å². The summed E-state index contributed by atoms with van der Waals surface area (Å²) in [5.74, 6) is 1.10. The topological polar surface area (TPSA) is 12.5 Å². The average Bonchev–Trinajstić information content (AvgIpc) is 3.20. The van der Waals surface area contributed by atoms with Crippen molar-refractivity contribution in [1.29, 1.82) is 0 Å². The van der Waals surface area contributed by atoms with Crippen molar-refractivity contribution in [2.45, 2.75) is 32.5 Å². The van der Waals surface area contributed by atoms with Crippen LogP contribution < -0.4 is 4.74 Å². The molecule has 0 radical (unpaired) electrons. The van der Waals surface area contributed by atoms with E-state index in [9.17, 15) is 13.2 Å². The molecule has 112 valence electrons. The van der Waals surface area contributed by atoms with Gasteiger partial charge >= 0.3 is 6.18 Å². The van der Waals surface area contributed by atoms with Crippen LogP contribution in [0.1, 0.15) is 25.3 Å². The number of alkyl halides is 3. The maximum atomic E-state index is 12.0. The van der Waals surface area contributed by atoms with Crippen LogP contribution in [0.25, 0.3) is 0 Å². The molecule has 0 amide bonds. The Balaban J connectivity index is 1.83. The summed E-state index contributed by atoms with van der Waals surface area (Å²) >= 11 is 0. The molecule has 20 heavy (non-hydrogen) atoms. The fourth-order valence-electron chi connectivity index (χ4n) is 2.09. The lowest BCUT2D eigenvalue weighted by atomic mass is 10.2. The van der Waals surface area contributed by atoms with Gasteiger partial charge in [-0.05, 0) is 43.0 Å². The highest BCUT2D eigenvalue weighted by atomic mass is 19.4. The van der Waals surface area contributed by atoms with Crippen LogP contribution in [0.15, 0.2) is 24.3 Å². The summed E-state index contributed by atoms with van der Waals surface area (Å²) in [6.45, 7) is 3.83. The number of hydrogen-bond donors (Lipinski definition) is 0. The van der Waals surface area contributed by atoms with Crippen LogP contribution in [-0.4, -0.2) is 30.8 Å². The Morgan fingerprint density at radius 1 is 1.20 bits per heavy atom. The highest BCUT2D eigenvalue weighted by Crippen LogP contribution is 2.30. The molecule has 0 aliphatic heterocycles. The van der Waals surface area contributed by atoms with Crippen molar-refractivity contribution in [3.05, 3.63) is 29.8 Å². The van der Waals surface area contributed by atoms with E-state index >= 15 is 0 Å². The third kappa shape index (κ3) is 5.41. The molecule has 0 aromatic heterocycles. The lowest BCUT2D eigenvalue weighted by molar-refractivity contribution is -0.153. The van der Waals surface area contributed by atoms with Gasteiger partial charge in [-0.25, -0.2) is 0 Å². The Morgan fingerprint density at radius 2 is 1.85 bits per heavy atom. The van der Waals surface area contributed by atoms with Crippen LogP contribution >= 0.6 is 0 Å². The number of benzene rings is 1. The van der Waals surface area contributed by atoms with E-state index in [4.69, 9.17) is 4.74 Å². The molecule has 1 saturated carbocycles. The predicted molar refractivity (Wildman–Crippen MR) is 71.7 cm³/mol. The minimum absolute atomic E-state index is 0.260. The molecule has 1 fully saturated rings. The Kier molecular flexibility index (Phi) is 4.91. The zero-order valence-electron chi connectivity index (χ0n) is 11.6. The molecule has 0 bridgehead atoms. The lowest BCUT2D eigenvalue weighted by Crippen LogP contribution is -2.25. The summed E-state index contributed by atoms with van der Waals surface area (Å²) < 4.78 is 40.8. The van der Waals surface area contributed by atoms with Crippen LogP contribution in [0.2, 0.25) is 0 Å². The second-order valence-electron chi connectivity index (χ2n) is 5.32. The van der Waals surface area contributed by atoms with Crippen LogP contribution in [0.4, 0.5) is 13.2 Å². The van der Waals surface area contributed by atoms with E-state index in [0.29, 0.717) is 0 Å². The Hall–Kier alpha value is -1.23.